The van der Waals surface area contributed by atoms with Crippen LogP contribution in [0.4, 0.5) is 5.69 Å². The van der Waals surface area contributed by atoms with Gasteiger partial charge in [0.25, 0.3) is 11.8 Å². The van der Waals surface area contributed by atoms with E-state index in [0.717, 1.165) is 17.0 Å². The van der Waals surface area contributed by atoms with Gasteiger partial charge in [0.05, 0.1) is 11.1 Å². The average Bonchev–Trinajstić information content (AvgIpc) is 3.02. The number of nitrogens with two attached hydrogens (primary N) is 1. The molecule has 2 aliphatic rings. The van der Waals surface area contributed by atoms with Crippen LogP contribution in [0.25, 0.3) is 0 Å². The van der Waals surface area contributed by atoms with E-state index in [0.29, 0.717) is 19.6 Å². The molecule has 2 heterocycles. The molecule has 4 amide bonds. The Balaban J connectivity index is 1.56. The third-order valence-corrected chi connectivity index (χ3v) is 5.70. The number of hydrogen-bond donors (Lipinski definition) is 2. The zero-order valence-corrected chi connectivity index (χ0v) is 17.0. The van der Waals surface area contributed by atoms with Crippen LogP contribution in [-0.4, -0.2) is 54.2 Å². The molecule has 4 rings (SSSR count). The number of fused-ring (bicyclic) bond motifs is 1. The van der Waals surface area contributed by atoms with Crippen LogP contribution in [0.2, 0.25) is 0 Å². The molecule has 0 bridgehead atoms. The number of imide groups is 2. The summed E-state index contributed by atoms with van der Waals surface area (Å²) >= 11 is 0. The first kappa shape index (κ1) is 20.7. The van der Waals surface area contributed by atoms with Crippen LogP contribution in [-0.2, 0) is 16.0 Å². The van der Waals surface area contributed by atoms with Crippen LogP contribution >= 0.6 is 0 Å². The van der Waals surface area contributed by atoms with Crippen molar-refractivity contribution < 1.29 is 19.2 Å². The fourth-order valence-corrected chi connectivity index (χ4v) is 4.09. The Morgan fingerprint density at radius 1 is 0.968 bits per heavy atom. The summed E-state index contributed by atoms with van der Waals surface area (Å²) in [7, 11) is 0. The van der Waals surface area contributed by atoms with Crippen molar-refractivity contribution in [1.82, 2.24) is 10.2 Å². The predicted molar refractivity (Wildman–Crippen MR) is 115 cm³/mol. The van der Waals surface area contributed by atoms with Crippen LogP contribution in [0.5, 0.6) is 0 Å². The van der Waals surface area contributed by atoms with Gasteiger partial charge < -0.3 is 10.6 Å². The van der Waals surface area contributed by atoms with Crippen molar-refractivity contribution in [3.05, 3.63) is 65.2 Å². The Morgan fingerprint density at radius 3 is 2.42 bits per heavy atom. The summed E-state index contributed by atoms with van der Waals surface area (Å²) in [6, 6.07) is 14.2. The first-order valence-corrected chi connectivity index (χ1v) is 10.3. The molecule has 160 valence electrons. The highest BCUT2D eigenvalue weighted by Crippen LogP contribution is 2.30. The van der Waals surface area contributed by atoms with Crippen molar-refractivity contribution in [2.75, 3.05) is 24.5 Å². The van der Waals surface area contributed by atoms with Crippen molar-refractivity contribution in [2.45, 2.75) is 25.3 Å². The van der Waals surface area contributed by atoms with Crippen molar-refractivity contribution in [1.29, 1.82) is 0 Å². The maximum absolute atomic E-state index is 13.0. The largest absolute Gasteiger partial charge is 0.370 e. The summed E-state index contributed by atoms with van der Waals surface area (Å²) in [5.74, 6) is -2.02. The maximum atomic E-state index is 13.0. The van der Waals surface area contributed by atoms with Crippen molar-refractivity contribution in [2.24, 2.45) is 5.73 Å². The topological polar surface area (TPSA) is 113 Å². The minimum atomic E-state index is -0.966. The lowest BCUT2D eigenvalue weighted by molar-refractivity contribution is -0.136. The number of benzene rings is 2. The van der Waals surface area contributed by atoms with E-state index in [1.165, 1.54) is 5.56 Å². The summed E-state index contributed by atoms with van der Waals surface area (Å²) in [5.41, 5.74) is 8.34. The smallest absolute Gasteiger partial charge is 0.262 e. The Bertz CT molecular complexity index is 1040. The van der Waals surface area contributed by atoms with Gasteiger partial charge in [-0.1, -0.05) is 30.3 Å². The highest BCUT2D eigenvalue weighted by Gasteiger charge is 2.44. The van der Waals surface area contributed by atoms with Gasteiger partial charge in [0.15, 0.2) is 0 Å². The van der Waals surface area contributed by atoms with Crippen LogP contribution in [0, 0.1) is 0 Å². The van der Waals surface area contributed by atoms with E-state index < -0.39 is 29.7 Å². The fourth-order valence-electron chi connectivity index (χ4n) is 4.09. The van der Waals surface area contributed by atoms with Crippen LogP contribution < -0.4 is 16.0 Å². The van der Waals surface area contributed by atoms with E-state index in [4.69, 9.17) is 5.73 Å². The Kier molecular flexibility index (Phi) is 5.81. The average molecular weight is 420 g/mol. The van der Waals surface area contributed by atoms with Crippen molar-refractivity contribution in [3.8, 4) is 0 Å². The molecule has 8 nitrogen and oxygen atoms in total. The normalized spacial score (nSPS) is 18.2. The monoisotopic (exact) mass is 420 g/mol. The van der Waals surface area contributed by atoms with Gasteiger partial charge >= 0.3 is 0 Å². The third-order valence-electron chi connectivity index (χ3n) is 5.70. The molecule has 2 aromatic rings. The molecule has 0 radical (unpaired) electrons. The number of carbonyl (C=O) groups is 4. The number of piperidine rings is 1. The summed E-state index contributed by atoms with van der Waals surface area (Å²) < 4.78 is 0. The quantitative estimate of drug-likeness (QED) is 0.649. The van der Waals surface area contributed by atoms with Crippen LogP contribution in [0.15, 0.2) is 48.5 Å². The molecule has 31 heavy (non-hydrogen) atoms. The highest BCUT2D eigenvalue weighted by molar-refractivity contribution is 6.23. The predicted octanol–water partition coefficient (Wildman–Crippen LogP) is 1.10. The number of rotatable bonds is 7. The number of carbonyl (C=O) groups excluding carboxylic acids is 4. The molecule has 3 N–H and O–H groups in total. The van der Waals surface area contributed by atoms with Gasteiger partial charge in [0, 0.05) is 31.7 Å². The number of hydrogen-bond acceptors (Lipinski definition) is 6. The molecule has 0 saturated carbocycles. The van der Waals surface area contributed by atoms with Crippen LogP contribution in [0.3, 0.4) is 0 Å². The zero-order valence-electron chi connectivity index (χ0n) is 17.0. The fraction of sp³-hybridized carbons (Fsp3) is 0.304. The molecule has 2 aromatic carbocycles. The van der Waals surface area contributed by atoms with Gasteiger partial charge in [-0.25, -0.2) is 0 Å². The molecule has 1 unspecified atom stereocenters. The number of anilines is 1. The second-order valence-corrected chi connectivity index (χ2v) is 7.69. The van der Waals surface area contributed by atoms with Crippen LogP contribution in [0.1, 0.15) is 39.1 Å². The van der Waals surface area contributed by atoms with Crippen molar-refractivity contribution in [3.63, 3.8) is 0 Å². The maximum Gasteiger partial charge on any atom is 0.262 e. The molecule has 8 heteroatoms. The van der Waals surface area contributed by atoms with Crippen molar-refractivity contribution >= 4 is 29.3 Å². The van der Waals surface area contributed by atoms with Gasteiger partial charge in [-0.05, 0) is 36.6 Å². The highest BCUT2D eigenvalue weighted by atomic mass is 16.2. The van der Waals surface area contributed by atoms with E-state index in [-0.39, 0.29) is 24.0 Å². The molecule has 0 aromatic heterocycles. The molecular formula is C23H24N4O4. The molecule has 1 saturated heterocycles. The van der Waals surface area contributed by atoms with Gasteiger partial charge in [-0.2, -0.15) is 0 Å². The summed E-state index contributed by atoms with van der Waals surface area (Å²) in [6.07, 6.45) is 1.05. The van der Waals surface area contributed by atoms with E-state index in [1.807, 2.05) is 18.2 Å². The molecular weight excluding hydrogens is 396 g/mol. The number of amides is 4. The lowest BCUT2D eigenvalue weighted by Gasteiger charge is -2.27. The molecule has 0 aliphatic carbocycles. The van der Waals surface area contributed by atoms with Gasteiger partial charge in [0.1, 0.15) is 6.04 Å². The number of nitrogens with zero attached hydrogens (tertiary/aromatic N) is 2. The molecule has 1 fully saturated rings. The zero-order chi connectivity index (χ0) is 22.0. The minimum absolute atomic E-state index is 0.0961. The Morgan fingerprint density at radius 2 is 1.71 bits per heavy atom. The van der Waals surface area contributed by atoms with E-state index in [9.17, 15) is 19.2 Å². The summed E-state index contributed by atoms with van der Waals surface area (Å²) in [5, 5.41) is 2.21. The summed E-state index contributed by atoms with van der Waals surface area (Å²) in [6.45, 7) is 1.75. The van der Waals surface area contributed by atoms with E-state index in [1.54, 1.807) is 18.2 Å². The van der Waals surface area contributed by atoms with E-state index in [2.05, 4.69) is 22.3 Å². The van der Waals surface area contributed by atoms with Gasteiger partial charge in [0.2, 0.25) is 11.8 Å². The molecule has 0 spiro atoms. The Hall–Kier alpha value is -3.52. The van der Waals surface area contributed by atoms with E-state index >= 15 is 0 Å². The first-order chi connectivity index (χ1) is 15.0. The minimum Gasteiger partial charge on any atom is -0.370 e. The number of nitrogens with one attached hydrogen (secondary N) is 1. The Labute approximate surface area is 180 Å². The SMILES string of the molecule is NCCN(CCc1ccccc1)c1ccc2c(c1)C(=O)N(C1CCC(=O)NC1=O)C2=O. The lowest BCUT2D eigenvalue weighted by Crippen LogP contribution is -2.54. The summed E-state index contributed by atoms with van der Waals surface area (Å²) in [4.78, 5) is 52.6. The third kappa shape index (κ3) is 4.06. The second-order valence-electron chi connectivity index (χ2n) is 7.69. The molecule has 2 aliphatic heterocycles. The second kappa shape index (κ2) is 8.69. The lowest BCUT2D eigenvalue weighted by atomic mass is 10.0. The van der Waals surface area contributed by atoms with Gasteiger partial charge in [-0.15, -0.1) is 0 Å². The standard InChI is InChI=1S/C23H24N4O4/c24-11-13-26(12-10-15-4-2-1-3-5-15)16-6-7-17-18(14-16)23(31)27(22(17)30)19-8-9-20(28)25-21(19)29/h1-7,14,19H,8-13,24H2,(H,25,28,29). The first-order valence-electron chi connectivity index (χ1n) is 10.3. The molecule has 1 atom stereocenters. The van der Waals surface area contributed by atoms with Gasteiger partial charge in [-0.3, -0.25) is 29.4 Å².